The monoisotopic (exact) mass is 384 g/mol. The predicted molar refractivity (Wildman–Crippen MR) is 109 cm³/mol. The summed E-state index contributed by atoms with van der Waals surface area (Å²) in [6.45, 7) is 3.84. The number of likely N-dealkylation sites (tertiary alicyclic amines) is 1. The number of aryl methyl sites for hydroxylation is 1. The van der Waals surface area contributed by atoms with E-state index in [0.717, 1.165) is 44.5 Å². The normalized spacial score (nSPS) is 22.7. The maximum absolute atomic E-state index is 12.9. The number of methoxy groups -OCH3 is 1. The molecule has 0 radical (unpaired) electrons. The number of benzene rings is 1. The summed E-state index contributed by atoms with van der Waals surface area (Å²) in [6.07, 6.45) is 4.30. The molecular formula is C22H28N2O2S. The molecule has 1 saturated heterocycles. The molecule has 2 aromatic rings. The molecule has 1 amide bonds. The van der Waals surface area contributed by atoms with Crippen molar-refractivity contribution in [2.24, 2.45) is 5.92 Å². The van der Waals surface area contributed by atoms with Crippen LogP contribution < -0.4 is 10.1 Å². The molecule has 2 aliphatic rings. The number of hydrogen-bond acceptors (Lipinski definition) is 4. The second-order valence-corrected chi connectivity index (χ2v) is 9.00. The van der Waals surface area contributed by atoms with Crippen LogP contribution >= 0.6 is 11.3 Å². The Labute approximate surface area is 165 Å². The molecule has 1 aliphatic heterocycles. The standard InChI is InChI=1S/C22H28N2O2S/c1-15-5-12-20(27-15)21-19(4-3-13-24(21)22(25)17-8-9-17)23-14-16-6-10-18(26-2)11-7-16/h5-7,10-12,17,19,21,23H,3-4,8-9,13-14H2,1-2H3/t19-,21-/m1/s1. The van der Waals surface area contributed by atoms with Crippen molar-refractivity contribution in [3.05, 3.63) is 51.7 Å². The van der Waals surface area contributed by atoms with Gasteiger partial charge in [0.05, 0.1) is 13.2 Å². The first-order valence-corrected chi connectivity index (χ1v) is 10.7. The number of thiophene rings is 1. The molecular weight excluding hydrogens is 356 g/mol. The van der Waals surface area contributed by atoms with Crippen LogP contribution in [0.3, 0.4) is 0 Å². The zero-order chi connectivity index (χ0) is 18.8. The zero-order valence-corrected chi connectivity index (χ0v) is 16.9. The van der Waals surface area contributed by atoms with Gasteiger partial charge < -0.3 is 15.0 Å². The van der Waals surface area contributed by atoms with E-state index >= 15 is 0 Å². The number of amides is 1. The van der Waals surface area contributed by atoms with Gasteiger partial charge in [-0.2, -0.15) is 0 Å². The smallest absolute Gasteiger partial charge is 0.226 e. The van der Waals surface area contributed by atoms with Crippen LogP contribution in [0.1, 0.15) is 47.0 Å². The zero-order valence-electron chi connectivity index (χ0n) is 16.1. The van der Waals surface area contributed by atoms with Gasteiger partial charge in [-0.3, -0.25) is 4.79 Å². The highest BCUT2D eigenvalue weighted by Gasteiger charge is 2.41. The van der Waals surface area contributed by atoms with E-state index in [1.54, 1.807) is 7.11 Å². The van der Waals surface area contributed by atoms with Gasteiger partial charge in [0.1, 0.15) is 5.75 Å². The van der Waals surface area contributed by atoms with Crippen molar-refractivity contribution < 1.29 is 9.53 Å². The minimum atomic E-state index is 0.156. The third kappa shape index (κ3) is 4.19. The number of piperidine rings is 1. The molecule has 5 heteroatoms. The fourth-order valence-electron chi connectivity index (χ4n) is 3.98. The average Bonchev–Trinajstić information content (AvgIpc) is 3.47. The first kappa shape index (κ1) is 18.5. The van der Waals surface area contributed by atoms with Crippen molar-refractivity contribution in [2.45, 2.75) is 51.2 Å². The van der Waals surface area contributed by atoms with Crippen LogP contribution in [0.15, 0.2) is 36.4 Å². The van der Waals surface area contributed by atoms with Gasteiger partial charge in [0.2, 0.25) is 5.91 Å². The number of ether oxygens (including phenoxy) is 1. The number of nitrogens with one attached hydrogen (secondary N) is 1. The molecule has 144 valence electrons. The second-order valence-electron chi connectivity index (χ2n) is 7.68. The van der Waals surface area contributed by atoms with Gasteiger partial charge in [0.15, 0.2) is 0 Å². The first-order valence-electron chi connectivity index (χ1n) is 9.89. The third-order valence-corrected chi connectivity index (χ3v) is 6.69. The predicted octanol–water partition coefficient (Wildman–Crippen LogP) is 4.30. The molecule has 2 atom stereocenters. The van der Waals surface area contributed by atoms with Crippen molar-refractivity contribution in [1.29, 1.82) is 0 Å². The topological polar surface area (TPSA) is 41.6 Å². The van der Waals surface area contributed by atoms with Gasteiger partial charge in [-0.05, 0) is 62.4 Å². The lowest BCUT2D eigenvalue weighted by Crippen LogP contribution is -2.50. The minimum absolute atomic E-state index is 0.156. The summed E-state index contributed by atoms with van der Waals surface area (Å²) in [7, 11) is 1.69. The van der Waals surface area contributed by atoms with Crippen molar-refractivity contribution in [1.82, 2.24) is 10.2 Å². The van der Waals surface area contributed by atoms with Crippen LogP contribution in [0.25, 0.3) is 0 Å². The number of carbonyl (C=O) groups excluding carboxylic acids is 1. The lowest BCUT2D eigenvalue weighted by molar-refractivity contribution is -0.137. The van der Waals surface area contributed by atoms with Crippen molar-refractivity contribution in [3.8, 4) is 5.75 Å². The summed E-state index contributed by atoms with van der Waals surface area (Å²) in [5.74, 6) is 1.51. The molecule has 2 fully saturated rings. The Morgan fingerprint density at radius 3 is 2.59 bits per heavy atom. The highest BCUT2D eigenvalue weighted by molar-refractivity contribution is 7.12. The molecule has 27 heavy (non-hydrogen) atoms. The Balaban J connectivity index is 1.51. The van der Waals surface area contributed by atoms with E-state index in [1.807, 2.05) is 23.5 Å². The summed E-state index contributed by atoms with van der Waals surface area (Å²) < 4.78 is 5.25. The molecule has 1 aliphatic carbocycles. The Hall–Kier alpha value is -1.85. The number of nitrogens with zero attached hydrogens (tertiary/aromatic N) is 1. The van der Waals surface area contributed by atoms with E-state index in [1.165, 1.54) is 15.3 Å². The molecule has 0 bridgehead atoms. The van der Waals surface area contributed by atoms with Crippen molar-refractivity contribution >= 4 is 17.2 Å². The maximum atomic E-state index is 12.9. The first-order chi connectivity index (χ1) is 13.2. The summed E-state index contributed by atoms with van der Waals surface area (Å²) >= 11 is 1.83. The molecule has 0 unspecified atom stereocenters. The van der Waals surface area contributed by atoms with Gasteiger partial charge in [-0.15, -0.1) is 11.3 Å². The largest absolute Gasteiger partial charge is 0.497 e. The third-order valence-electron chi connectivity index (χ3n) is 5.62. The van der Waals surface area contributed by atoms with Crippen LogP contribution in [0.4, 0.5) is 0 Å². The van der Waals surface area contributed by atoms with E-state index in [9.17, 15) is 4.79 Å². The summed E-state index contributed by atoms with van der Waals surface area (Å²) in [5, 5.41) is 3.75. The van der Waals surface area contributed by atoms with E-state index in [2.05, 4.69) is 41.4 Å². The lowest BCUT2D eigenvalue weighted by Gasteiger charge is -2.41. The Morgan fingerprint density at radius 1 is 1.19 bits per heavy atom. The van der Waals surface area contributed by atoms with Crippen LogP contribution in [0.5, 0.6) is 5.75 Å². The van der Waals surface area contributed by atoms with E-state index in [-0.39, 0.29) is 12.0 Å². The van der Waals surface area contributed by atoms with Gasteiger partial charge in [0, 0.05) is 34.8 Å². The van der Waals surface area contributed by atoms with Crippen LogP contribution in [0, 0.1) is 12.8 Å². The average molecular weight is 385 g/mol. The van der Waals surface area contributed by atoms with Crippen molar-refractivity contribution in [2.75, 3.05) is 13.7 Å². The summed E-state index contributed by atoms with van der Waals surface area (Å²) in [5.41, 5.74) is 1.24. The second kappa shape index (κ2) is 8.03. The van der Waals surface area contributed by atoms with E-state index in [4.69, 9.17) is 4.74 Å². The molecule has 0 spiro atoms. The quantitative estimate of drug-likeness (QED) is 0.807. The van der Waals surface area contributed by atoms with Crippen LogP contribution in [-0.2, 0) is 11.3 Å². The molecule has 2 heterocycles. The molecule has 1 N–H and O–H groups in total. The summed E-state index contributed by atoms with van der Waals surface area (Å²) in [6, 6.07) is 13.0. The fourth-order valence-corrected chi connectivity index (χ4v) is 5.03. The molecule has 1 saturated carbocycles. The van der Waals surface area contributed by atoms with Crippen LogP contribution in [0.2, 0.25) is 0 Å². The number of rotatable bonds is 6. The Morgan fingerprint density at radius 2 is 1.96 bits per heavy atom. The van der Waals surface area contributed by atoms with E-state index < -0.39 is 0 Å². The highest BCUT2D eigenvalue weighted by atomic mass is 32.1. The molecule has 1 aromatic carbocycles. The van der Waals surface area contributed by atoms with Gasteiger partial charge in [0.25, 0.3) is 0 Å². The Bertz CT molecular complexity index is 782. The molecule has 4 rings (SSSR count). The molecule has 4 nitrogen and oxygen atoms in total. The minimum Gasteiger partial charge on any atom is -0.497 e. The van der Waals surface area contributed by atoms with Gasteiger partial charge >= 0.3 is 0 Å². The number of carbonyl (C=O) groups is 1. The highest BCUT2D eigenvalue weighted by Crippen LogP contribution is 2.40. The number of hydrogen-bond donors (Lipinski definition) is 1. The van der Waals surface area contributed by atoms with Crippen molar-refractivity contribution in [3.63, 3.8) is 0 Å². The fraction of sp³-hybridized carbons (Fsp3) is 0.500. The molecule has 1 aromatic heterocycles. The SMILES string of the molecule is COc1ccc(CN[C@@H]2CCCN(C(=O)C3CC3)[C@H]2c2ccc(C)s2)cc1. The summed E-state index contributed by atoms with van der Waals surface area (Å²) in [4.78, 5) is 17.7. The van der Waals surface area contributed by atoms with Gasteiger partial charge in [-0.1, -0.05) is 12.1 Å². The van der Waals surface area contributed by atoms with E-state index in [0.29, 0.717) is 11.9 Å². The van der Waals surface area contributed by atoms with Crippen LogP contribution in [-0.4, -0.2) is 30.5 Å². The lowest BCUT2D eigenvalue weighted by atomic mass is 9.93. The Kier molecular flexibility index (Phi) is 5.50. The van der Waals surface area contributed by atoms with Gasteiger partial charge in [-0.25, -0.2) is 0 Å². The maximum Gasteiger partial charge on any atom is 0.226 e.